The molecule has 0 saturated heterocycles. The molecule has 0 atom stereocenters. The van der Waals surface area contributed by atoms with Crippen LogP contribution in [0.1, 0.15) is 20.8 Å². The molecule has 0 radical (unpaired) electrons. The summed E-state index contributed by atoms with van der Waals surface area (Å²) in [5.74, 6) is -1.27. The Morgan fingerprint density at radius 3 is 2.05 bits per heavy atom. The lowest BCUT2D eigenvalue weighted by molar-refractivity contribution is -0.135. The summed E-state index contributed by atoms with van der Waals surface area (Å²) in [7, 11) is -3.83. The van der Waals surface area contributed by atoms with Crippen molar-refractivity contribution in [2.45, 2.75) is 25.5 Å². The minimum absolute atomic E-state index is 0.0211. The smallest absolute Gasteiger partial charge is 0.324 e. The van der Waals surface area contributed by atoms with E-state index in [9.17, 15) is 18.3 Å². The number of carboxylic acids is 1. The molecule has 2 N–H and O–H groups in total. The van der Waals surface area contributed by atoms with Gasteiger partial charge >= 0.3 is 5.97 Å². The van der Waals surface area contributed by atoms with E-state index in [1.165, 1.54) is 45.0 Å². The summed E-state index contributed by atoms with van der Waals surface area (Å²) in [5, 5.41) is 18.1. The Labute approximate surface area is 112 Å². The van der Waals surface area contributed by atoms with Gasteiger partial charge in [0.15, 0.2) is 0 Å². The number of sulfonamides is 1. The molecular weight excluding hydrogens is 270 g/mol. The highest BCUT2D eigenvalue weighted by atomic mass is 32.2. The molecule has 0 aliphatic carbocycles. The number of aromatic hydroxyl groups is 1. The molecule has 0 amide bonds. The number of carbonyl (C=O) groups is 1. The second kappa shape index (κ2) is 5.08. The normalized spacial score (nSPS) is 12.2. The molecule has 0 fully saturated rings. The molecule has 1 aromatic carbocycles. The van der Waals surface area contributed by atoms with Crippen molar-refractivity contribution >= 4 is 21.7 Å². The predicted octanol–water partition coefficient (Wildman–Crippen LogP) is 1.41. The lowest BCUT2D eigenvalue weighted by atomic mass is 10.3. The number of carboxylic acid groups (broad SMARTS) is 1. The Balaban J connectivity index is 3.31. The van der Waals surface area contributed by atoms with Crippen molar-refractivity contribution < 1.29 is 23.4 Å². The molecule has 7 heteroatoms. The zero-order valence-corrected chi connectivity index (χ0v) is 11.8. The monoisotopic (exact) mass is 287 g/mol. The molecule has 0 unspecified atom stereocenters. The van der Waals surface area contributed by atoms with Gasteiger partial charge < -0.3 is 10.2 Å². The SMILES string of the molecule is CC(C)(C)S(=O)(=O)N(CC(=O)O)c1ccc(O)cc1. The van der Waals surface area contributed by atoms with E-state index < -0.39 is 27.3 Å². The third-order valence-corrected chi connectivity index (χ3v) is 4.95. The molecule has 106 valence electrons. The van der Waals surface area contributed by atoms with Crippen molar-refractivity contribution in [1.29, 1.82) is 0 Å². The molecule has 19 heavy (non-hydrogen) atoms. The minimum Gasteiger partial charge on any atom is -0.508 e. The predicted molar refractivity (Wildman–Crippen MR) is 71.8 cm³/mol. The number of hydrogen-bond acceptors (Lipinski definition) is 4. The average molecular weight is 287 g/mol. The third-order valence-electron chi connectivity index (χ3n) is 2.48. The maximum Gasteiger partial charge on any atom is 0.324 e. The lowest BCUT2D eigenvalue weighted by Crippen LogP contribution is -2.45. The van der Waals surface area contributed by atoms with Crippen molar-refractivity contribution in [2.24, 2.45) is 0 Å². The van der Waals surface area contributed by atoms with Gasteiger partial charge in [-0.05, 0) is 45.0 Å². The summed E-state index contributed by atoms with van der Waals surface area (Å²) in [4.78, 5) is 10.9. The Hall–Kier alpha value is -1.76. The number of phenols is 1. The van der Waals surface area contributed by atoms with Gasteiger partial charge in [-0.2, -0.15) is 0 Å². The highest BCUT2D eigenvalue weighted by molar-refractivity contribution is 7.94. The molecule has 1 rings (SSSR count). The van der Waals surface area contributed by atoms with Crippen LogP contribution in [0.15, 0.2) is 24.3 Å². The van der Waals surface area contributed by atoms with Gasteiger partial charge in [0.1, 0.15) is 12.3 Å². The van der Waals surface area contributed by atoms with Gasteiger partial charge in [-0.15, -0.1) is 0 Å². The van der Waals surface area contributed by atoms with Gasteiger partial charge in [-0.3, -0.25) is 9.10 Å². The van der Waals surface area contributed by atoms with Gasteiger partial charge in [-0.1, -0.05) is 0 Å². The number of anilines is 1. The van der Waals surface area contributed by atoms with Crippen LogP contribution in [0, 0.1) is 0 Å². The minimum atomic E-state index is -3.83. The second-order valence-corrected chi connectivity index (χ2v) is 7.65. The van der Waals surface area contributed by atoms with Gasteiger partial charge in [-0.25, -0.2) is 8.42 Å². The first-order valence-corrected chi connectivity index (χ1v) is 7.03. The molecule has 6 nitrogen and oxygen atoms in total. The standard InChI is InChI=1S/C12H17NO5S/c1-12(2,3)19(17,18)13(8-11(15)16)9-4-6-10(14)7-5-9/h4-7,14H,8H2,1-3H3,(H,15,16). The van der Waals surface area contributed by atoms with E-state index >= 15 is 0 Å². The van der Waals surface area contributed by atoms with Crippen LogP contribution in [0.2, 0.25) is 0 Å². The number of benzene rings is 1. The molecule has 0 aromatic heterocycles. The first kappa shape index (κ1) is 15.3. The number of phenolic OH excluding ortho intramolecular Hbond substituents is 1. The van der Waals surface area contributed by atoms with Crippen LogP contribution in [0.5, 0.6) is 5.75 Å². The van der Waals surface area contributed by atoms with Gasteiger partial charge in [0.25, 0.3) is 0 Å². The van der Waals surface area contributed by atoms with Crippen LogP contribution >= 0.6 is 0 Å². The van der Waals surface area contributed by atoms with E-state index in [1.54, 1.807) is 0 Å². The van der Waals surface area contributed by atoms with Crippen LogP contribution in [-0.4, -0.2) is 35.9 Å². The van der Waals surface area contributed by atoms with E-state index in [4.69, 9.17) is 5.11 Å². The van der Waals surface area contributed by atoms with Crippen LogP contribution < -0.4 is 4.31 Å². The Morgan fingerprint density at radius 2 is 1.68 bits per heavy atom. The fourth-order valence-electron chi connectivity index (χ4n) is 1.39. The number of aliphatic carboxylic acids is 1. The van der Waals surface area contributed by atoms with Crippen molar-refractivity contribution in [3.8, 4) is 5.75 Å². The highest BCUT2D eigenvalue weighted by Gasteiger charge is 2.36. The van der Waals surface area contributed by atoms with E-state index in [1.807, 2.05) is 0 Å². The topological polar surface area (TPSA) is 94.9 Å². The fourth-order valence-corrected chi connectivity index (χ4v) is 2.73. The van der Waals surface area contributed by atoms with Gasteiger partial charge in [0.05, 0.1) is 10.4 Å². The molecule has 0 bridgehead atoms. The molecule has 1 aromatic rings. The van der Waals surface area contributed by atoms with Crippen molar-refractivity contribution in [3.63, 3.8) is 0 Å². The van der Waals surface area contributed by atoms with Crippen molar-refractivity contribution in [3.05, 3.63) is 24.3 Å². The Morgan fingerprint density at radius 1 is 1.21 bits per heavy atom. The molecule has 0 heterocycles. The number of hydrogen-bond donors (Lipinski definition) is 2. The Kier molecular flexibility index (Phi) is 4.09. The molecule has 0 spiro atoms. The second-order valence-electron chi connectivity index (χ2n) is 5.03. The van der Waals surface area contributed by atoms with Crippen molar-refractivity contribution in [1.82, 2.24) is 0 Å². The Bertz CT molecular complexity index is 557. The fraction of sp³-hybridized carbons (Fsp3) is 0.417. The van der Waals surface area contributed by atoms with E-state index in [0.29, 0.717) is 0 Å². The van der Waals surface area contributed by atoms with E-state index in [0.717, 1.165) is 4.31 Å². The number of nitrogens with zero attached hydrogens (tertiary/aromatic N) is 1. The van der Waals surface area contributed by atoms with Crippen LogP contribution in [0.25, 0.3) is 0 Å². The van der Waals surface area contributed by atoms with Gasteiger partial charge in [0, 0.05) is 0 Å². The largest absolute Gasteiger partial charge is 0.508 e. The first-order valence-electron chi connectivity index (χ1n) is 5.59. The number of rotatable bonds is 4. The molecule has 0 aliphatic rings. The summed E-state index contributed by atoms with van der Waals surface area (Å²) < 4.78 is 24.4. The van der Waals surface area contributed by atoms with Gasteiger partial charge in [0.2, 0.25) is 10.0 Å². The first-order chi connectivity index (χ1) is 8.55. The highest BCUT2D eigenvalue weighted by Crippen LogP contribution is 2.27. The van der Waals surface area contributed by atoms with Crippen molar-refractivity contribution in [2.75, 3.05) is 10.8 Å². The molecule has 0 aliphatic heterocycles. The third kappa shape index (κ3) is 3.37. The van der Waals surface area contributed by atoms with Crippen LogP contribution in [0.3, 0.4) is 0 Å². The quantitative estimate of drug-likeness (QED) is 0.873. The zero-order valence-electron chi connectivity index (χ0n) is 11.0. The van der Waals surface area contributed by atoms with E-state index in [2.05, 4.69) is 0 Å². The summed E-state index contributed by atoms with van der Waals surface area (Å²) in [6.07, 6.45) is 0. The zero-order chi connectivity index (χ0) is 14.8. The van der Waals surface area contributed by atoms with E-state index in [-0.39, 0.29) is 11.4 Å². The molecular formula is C12H17NO5S. The van der Waals surface area contributed by atoms with Crippen LogP contribution in [0.4, 0.5) is 5.69 Å². The average Bonchev–Trinajstić information content (AvgIpc) is 2.25. The summed E-state index contributed by atoms with van der Waals surface area (Å²) in [5.41, 5.74) is 0.204. The maximum absolute atomic E-state index is 12.4. The lowest BCUT2D eigenvalue weighted by Gasteiger charge is -2.30. The summed E-state index contributed by atoms with van der Waals surface area (Å²) >= 11 is 0. The summed E-state index contributed by atoms with van der Waals surface area (Å²) in [6, 6.07) is 5.34. The maximum atomic E-state index is 12.4. The summed E-state index contributed by atoms with van der Waals surface area (Å²) in [6.45, 7) is 3.83. The molecule has 0 saturated carbocycles. The van der Waals surface area contributed by atoms with Crippen LogP contribution in [-0.2, 0) is 14.8 Å².